The number of carbonyl (C=O) groups is 1. The summed E-state index contributed by atoms with van der Waals surface area (Å²) in [5.41, 5.74) is 1.91. The van der Waals surface area contributed by atoms with E-state index in [-0.39, 0.29) is 11.2 Å². The Bertz CT molecular complexity index is 1290. The Balaban J connectivity index is 1.46. The number of hydrogen-bond acceptors (Lipinski definition) is 6. The van der Waals surface area contributed by atoms with Gasteiger partial charge in [-0.05, 0) is 63.5 Å². The number of rotatable bonds is 5. The zero-order valence-electron chi connectivity index (χ0n) is 18.6. The lowest BCUT2D eigenvalue weighted by atomic mass is 10.1. The monoisotopic (exact) mass is 466 g/mol. The molecule has 1 aromatic carbocycles. The molecule has 4 rings (SSSR count). The lowest BCUT2D eigenvalue weighted by Crippen LogP contribution is -2.22. The second-order valence-corrected chi connectivity index (χ2v) is 9.18. The van der Waals surface area contributed by atoms with Gasteiger partial charge in [0.2, 0.25) is 0 Å². The quantitative estimate of drug-likeness (QED) is 0.374. The molecule has 0 aliphatic rings. The summed E-state index contributed by atoms with van der Waals surface area (Å²) in [6, 6.07) is 8.98. The molecule has 0 spiro atoms. The number of amides is 2. The van der Waals surface area contributed by atoms with E-state index in [9.17, 15) is 9.18 Å². The fraction of sp³-hybridized carbons (Fsp3) is 0.217. The number of anilines is 2. The Morgan fingerprint density at radius 2 is 1.91 bits per heavy atom. The van der Waals surface area contributed by atoms with Crippen molar-refractivity contribution in [3.05, 3.63) is 66.5 Å². The van der Waals surface area contributed by atoms with E-state index in [2.05, 4.69) is 25.1 Å². The molecule has 0 aliphatic heterocycles. The van der Waals surface area contributed by atoms with Crippen LogP contribution in [0.15, 0.2) is 55.0 Å². The third-order valence-electron chi connectivity index (χ3n) is 4.56. The molecule has 0 fully saturated rings. The minimum atomic E-state index is -0.591. The number of nitrogens with zero attached hydrogens (tertiary/aromatic N) is 4. The first kappa shape index (κ1) is 22.4. The number of carbonyl (C=O) groups excluding carboxylic acids is 1. The number of aryl methyl sites for hydroxylation is 1. The number of ether oxygens (including phenoxy) is 1. The molecule has 3 aromatic heterocycles. The molecule has 2 N–H and O–H groups in total. The van der Waals surface area contributed by atoms with Crippen molar-refractivity contribution < 1.29 is 13.9 Å². The van der Waals surface area contributed by atoms with Crippen LogP contribution in [0.3, 0.4) is 0 Å². The molecule has 0 atom stereocenters. The summed E-state index contributed by atoms with van der Waals surface area (Å²) in [6.07, 6.45) is 4.88. The van der Waals surface area contributed by atoms with Gasteiger partial charge in [0.25, 0.3) is 0 Å². The van der Waals surface area contributed by atoms with Crippen LogP contribution in [0.25, 0.3) is 10.6 Å². The van der Waals surface area contributed by atoms with Crippen LogP contribution in [0, 0.1) is 12.7 Å². The number of aromatic nitrogens is 4. The highest BCUT2D eigenvalue weighted by Gasteiger charge is 2.16. The fourth-order valence-corrected chi connectivity index (χ4v) is 3.66. The van der Waals surface area contributed by atoms with Crippen molar-refractivity contribution in [2.45, 2.75) is 33.2 Å². The van der Waals surface area contributed by atoms with E-state index in [4.69, 9.17) is 4.74 Å². The molecule has 8 nitrogen and oxygen atoms in total. The van der Waals surface area contributed by atoms with Gasteiger partial charge in [0, 0.05) is 24.5 Å². The highest BCUT2D eigenvalue weighted by atomic mass is 32.1. The Hall–Kier alpha value is -3.79. The van der Waals surface area contributed by atoms with Gasteiger partial charge < -0.3 is 15.4 Å². The molecule has 33 heavy (non-hydrogen) atoms. The Morgan fingerprint density at radius 3 is 2.61 bits per heavy atom. The molecule has 10 heteroatoms. The van der Waals surface area contributed by atoms with Gasteiger partial charge in [0.05, 0.1) is 39.4 Å². The van der Waals surface area contributed by atoms with Crippen molar-refractivity contribution in [3.8, 4) is 22.1 Å². The maximum atomic E-state index is 14.3. The molecule has 0 bridgehead atoms. The third kappa shape index (κ3) is 5.53. The number of benzene rings is 1. The summed E-state index contributed by atoms with van der Waals surface area (Å²) in [6.45, 7) is 7.90. The van der Waals surface area contributed by atoms with Crippen molar-refractivity contribution in [1.29, 1.82) is 0 Å². The first-order valence-corrected chi connectivity index (χ1v) is 10.9. The zero-order chi connectivity index (χ0) is 23.6. The van der Waals surface area contributed by atoms with Crippen molar-refractivity contribution >= 4 is 28.9 Å². The van der Waals surface area contributed by atoms with Gasteiger partial charge in [0.15, 0.2) is 0 Å². The topological polar surface area (TPSA) is 94.0 Å². The molecule has 3 heterocycles. The van der Waals surface area contributed by atoms with E-state index < -0.39 is 11.8 Å². The van der Waals surface area contributed by atoms with Crippen LogP contribution in [0.4, 0.5) is 20.6 Å². The summed E-state index contributed by atoms with van der Waals surface area (Å²) >= 11 is 1.35. The molecule has 2 amide bonds. The maximum Gasteiger partial charge on any atom is 0.323 e. The summed E-state index contributed by atoms with van der Waals surface area (Å²) < 4.78 is 26.2. The van der Waals surface area contributed by atoms with Crippen LogP contribution in [-0.4, -0.2) is 25.2 Å². The lowest BCUT2D eigenvalue weighted by molar-refractivity contribution is 0.262. The van der Waals surface area contributed by atoms with Gasteiger partial charge >= 0.3 is 6.03 Å². The minimum absolute atomic E-state index is 0.0134. The number of nitrogens with one attached hydrogen (secondary N) is 2. The molecular weight excluding hydrogens is 443 g/mol. The van der Waals surface area contributed by atoms with Crippen molar-refractivity contribution in [3.63, 3.8) is 0 Å². The van der Waals surface area contributed by atoms with Crippen molar-refractivity contribution in [2.24, 2.45) is 0 Å². The van der Waals surface area contributed by atoms with E-state index in [1.165, 1.54) is 35.9 Å². The van der Waals surface area contributed by atoms with Gasteiger partial charge in [-0.3, -0.25) is 9.67 Å². The normalized spacial score (nSPS) is 11.3. The van der Waals surface area contributed by atoms with Crippen LogP contribution in [-0.2, 0) is 5.54 Å². The molecule has 170 valence electrons. The van der Waals surface area contributed by atoms with Gasteiger partial charge in [-0.2, -0.15) is 9.47 Å². The zero-order valence-corrected chi connectivity index (χ0v) is 19.4. The largest absolute Gasteiger partial charge is 0.457 e. The summed E-state index contributed by atoms with van der Waals surface area (Å²) in [5.74, 6) is 0.311. The van der Waals surface area contributed by atoms with Gasteiger partial charge in [0.1, 0.15) is 17.3 Å². The standard InChI is InChI=1S/C23H23FN6O2S/c1-14-9-21(33-29-14)20-11-17(7-8-25-20)32-16-5-6-18(24)19(10-16)28-22(31)27-15-12-26-30(13-15)23(2,3)4/h5-13H,1-4H3,(H2,27,28,31). The van der Waals surface area contributed by atoms with Crippen LogP contribution in [0.2, 0.25) is 0 Å². The molecule has 0 unspecified atom stereocenters. The lowest BCUT2D eigenvalue weighted by Gasteiger charge is -2.18. The van der Waals surface area contributed by atoms with Crippen molar-refractivity contribution in [1.82, 2.24) is 19.1 Å². The molecule has 0 saturated heterocycles. The van der Waals surface area contributed by atoms with Gasteiger partial charge in [-0.1, -0.05) is 0 Å². The average molecular weight is 467 g/mol. The summed E-state index contributed by atoms with van der Waals surface area (Å²) in [5, 5.41) is 9.39. The van der Waals surface area contributed by atoms with Crippen LogP contribution in [0.5, 0.6) is 11.5 Å². The predicted molar refractivity (Wildman–Crippen MR) is 126 cm³/mol. The third-order valence-corrected chi connectivity index (χ3v) is 5.46. The SMILES string of the molecule is Cc1cc(-c2cc(Oc3ccc(F)c(NC(=O)Nc4cnn(C(C)(C)C)c4)c3)ccn2)sn1. The Kier molecular flexibility index (Phi) is 6.10. The first-order chi connectivity index (χ1) is 15.7. The second-order valence-electron chi connectivity index (χ2n) is 8.38. The van der Waals surface area contributed by atoms with Crippen LogP contribution < -0.4 is 15.4 Å². The van der Waals surface area contributed by atoms with E-state index in [1.54, 1.807) is 29.2 Å². The number of pyridine rings is 1. The smallest absolute Gasteiger partial charge is 0.323 e. The summed E-state index contributed by atoms with van der Waals surface area (Å²) in [4.78, 5) is 17.7. The van der Waals surface area contributed by atoms with Crippen molar-refractivity contribution in [2.75, 3.05) is 10.6 Å². The summed E-state index contributed by atoms with van der Waals surface area (Å²) in [7, 11) is 0. The average Bonchev–Trinajstić information content (AvgIpc) is 3.40. The Labute approximate surface area is 194 Å². The van der Waals surface area contributed by atoms with Crippen LogP contribution in [0.1, 0.15) is 26.5 Å². The number of urea groups is 1. The van der Waals surface area contributed by atoms with E-state index in [0.29, 0.717) is 17.2 Å². The maximum absolute atomic E-state index is 14.3. The predicted octanol–water partition coefficient (Wildman–Crippen LogP) is 6.04. The Morgan fingerprint density at radius 1 is 1.12 bits per heavy atom. The highest BCUT2D eigenvalue weighted by molar-refractivity contribution is 7.09. The molecule has 0 saturated carbocycles. The molecule has 0 radical (unpaired) electrons. The second kappa shape index (κ2) is 8.99. The van der Waals surface area contributed by atoms with E-state index in [1.807, 2.05) is 33.8 Å². The molecular formula is C23H23FN6O2S. The number of halogens is 1. The highest BCUT2D eigenvalue weighted by Crippen LogP contribution is 2.30. The van der Waals surface area contributed by atoms with Gasteiger partial charge in [-0.25, -0.2) is 9.18 Å². The molecule has 0 aliphatic carbocycles. The minimum Gasteiger partial charge on any atom is -0.457 e. The fourth-order valence-electron chi connectivity index (χ4n) is 2.93. The van der Waals surface area contributed by atoms with E-state index in [0.717, 1.165) is 16.3 Å². The number of hydrogen-bond donors (Lipinski definition) is 2. The van der Waals surface area contributed by atoms with Crippen LogP contribution >= 0.6 is 11.5 Å². The first-order valence-electron chi connectivity index (χ1n) is 10.2. The molecule has 4 aromatic rings. The van der Waals surface area contributed by atoms with E-state index >= 15 is 0 Å². The van der Waals surface area contributed by atoms with Gasteiger partial charge in [-0.15, -0.1) is 0 Å².